The zero-order valence-electron chi connectivity index (χ0n) is 14.3. The molecule has 0 bridgehead atoms. The van der Waals surface area contributed by atoms with Gasteiger partial charge in [0, 0.05) is 25.7 Å². The molecule has 25 heavy (non-hydrogen) atoms. The molecule has 2 aromatic rings. The molecule has 0 fully saturated rings. The van der Waals surface area contributed by atoms with Crippen LogP contribution in [0.1, 0.15) is 34.8 Å². The second kappa shape index (κ2) is 7.98. The maximum Gasteiger partial charge on any atom is 0.255 e. The van der Waals surface area contributed by atoms with Crippen molar-refractivity contribution in [2.24, 2.45) is 0 Å². The van der Waals surface area contributed by atoms with Crippen LogP contribution in [0, 0.1) is 5.82 Å². The zero-order valence-corrected chi connectivity index (χ0v) is 15.0. The molecule has 1 amide bonds. The van der Waals surface area contributed by atoms with Gasteiger partial charge in [-0.3, -0.25) is 9.69 Å². The molecule has 132 valence electrons. The summed E-state index contributed by atoms with van der Waals surface area (Å²) >= 11 is 5.97. The minimum Gasteiger partial charge on any atom is -0.350 e. The Hall–Kier alpha value is -1.91. The highest BCUT2D eigenvalue weighted by molar-refractivity contribution is 6.33. The average molecular weight is 361 g/mol. The molecule has 1 aliphatic rings. The van der Waals surface area contributed by atoms with Gasteiger partial charge in [-0.15, -0.1) is 0 Å². The molecule has 3 nitrogen and oxygen atoms in total. The maximum absolute atomic E-state index is 13.9. The Kier molecular flexibility index (Phi) is 5.71. The van der Waals surface area contributed by atoms with Gasteiger partial charge in [0.05, 0.1) is 10.6 Å². The van der Waals surface area contributed by atoms with E-state index in [2.05, 4.69) is 41.4 Å². The van der Waals surface area contributed by atoms with Crippen LogP contribution in [0.4, 0.5) is 4.39 Å². The monoisotopic (exact) mass is 360 g/mol. The molecule has 0 spiro atoms. The second-order valence-electron chi connectivity index (χ2n) is 6.36. The number of fused-ring (bicyclic) bond motifs is 1. The topological polar surface area (TPSA) is 32.3 Å². The summed E-state index contributed by atoms with van der Waals surface area (Å²) in [5.41, 5.74) is 2.66. The number of carbonyl (C=O) groups excluding carboxylic acids is 1. The molecule has 0 aromatic heterocycles. The molecule has 0 unspecified atom stereocenters. The minimum atomic E-state index is -0.593. The van der Waals surface area contributed by atoms with Crippen molar-refractivity contribution in [2.45, 2.75) is 32.4 Å². The quantitative estimate of drug-likeness (QED) is 0.872. The minimum absolute atomic E-state index is 0.0805. The Bertz CT molecular complexity index is 745. The van der Waals surface area contributed by atoms with E-state index in [0.29, 0.717) is 6.54 Å². The third-order valence-corrected chi connectivity index (χ3v) is 5.15. The van der Waals surface area contributed by atoms with Crippen LogP contribution in [0.15, 0.2) is 42.5 Å². The molecule has 3 rings (SSSR count). The van der Waals surface area contributed by atoms with Crippen LogP contribution in [-0.2, 0) is 13.0 Å². The maximum atomic E-state index is 13.9. The number of carbonyl (C=O) groups is 1. The van der Waals surface area contributed by atoms with Gasteiger partial charge in [0.25, 0.3) is 5.91 Å². The Morgan fingerprint density at radius 1 is 1.24 bits per heavy atom. The third-order valence-electron chi connectivity index (χ3n) is 4.84. The van der Waals surface area contributed by atoms with E-state index in [1.807, 2.05) is 0 Å². The van der Waals surface area contributed by atoms with Crippen LogP contribution < -0.4 is 5.32 Å². The SMILES string of the molecule is CC[C@@H](CNC(=O)c1c(F)cccc1Cl)N1CCc2ccccc2C1. The fourth-order valence-electron chi connectivity index (χ4n) is 3.37. The van der Waals surface area contributed by atoms with Gasteiger partial charge >= 0.3 is 0 Å². The molecule has 5 heteroatoms. The van der Waals surface area contributed by atoms with Gasteiger partial charge < -0.3 is 5.32 Å². The van der Waals surface area contributed by atoms with E-state index in [-0.39, 0.29) is 16.6 Å². The van der Waals surface area contributed by atoms with Crippen LogP contribution in [0.5, 0.6) is 0 Å². The van der Waals surface area contributed by atoms with Crippen LogP contribution >= 0.6 is 11.6 Å². The Morgan fingerprint density at radius 3 is 2.72 bits per heavy atom. The van der Waals surface area contributed by atoms with Crippen molar-refractivity contribution in [3.63, 3.8) is 0 Å². The lowest BCUT2D eigenvalue weighted by molar-refractivity contribution is 0.0922. The fraction of sp³-hybridized carbons (Fsp3) is 0.350. The van der Waals surface area contributed by atoms with E-state index in [1.54, 1.807) is 0 Å². The lowest BCUT2D eigenvalue weighted by atomic mass is 9.98. The summed E-state index contributed by atoms with van der Waals surface area (Å²) in [6.45, 7) is 4.42. The van der Waals surface area contributed by atoms with E-state index in [9.17, 15) is 9.18 Å². The number of hydrogen-bond acceptors (Lipinski definition) is 2. The first-order valence-corrected chi connectivity index (χ1v) is 9.01. The molecule has 1 aliphatic heterocycles. The van der Waals surface area contributed by atoms with Crippen LogP contribution in [0.2, 0.25) is 5.02 Å². The number of hydrogen-bond donors (Lipinski definition) is 1. The van der Waals surface area contributed by atoms with Gasteiger partial charge in [-0.05, 0) is 36.1 Å². The third kappa shape index (κ3) is 4.02. The number of halogens is 2. The molecule has 2 aromatic carbocycles. The molecule has 0 radical (unpaired) electrons. The average Bonchev–Trinajstić information content (AvgIpc) is 2.62. The van der Waals surface area contributed by atoms with Crippen molar-refractivity contribution in [3.8, 4) is 0 Å². The number of nitrogens with zero attached hydrogens (tertiary/aromatic N) is 1. The Labute approximate surface area is 152 Å². The number of amides is 1. The predicted molar refractivity (Wildman–Crippen MR) is 98.4 cm³/mol. The second-order valence-corrected chi connectivity index (χ2v) is 6.77. The van der Waals surface area contributed by atoms with Crippen LogP contribution in [-0.4, -0.2) is 29.9 Å². The largest absolute Gasteiger partial charge is 0.350 e. The molecule has 1 heterocycles. The highest BCUT2D eigenvalue weighted by Crippen LogP contribution is 2.22. The molecular formula is C20H22ClFN2O. The van der Waals surface area contributed by atoms with E-state index in [0.717, 1.165) is 25.9 Å². The smallest absolute Gasteiger partial charge is 0.255 e. The first-order valence-electron chi connectivity index (χ1n) is 8.63. The highest BCUT2D eigenvalue weighted by Gasteiger charge is 2.23. The number of nitrogens with one attached hydrogen (secondary N) is 1. The summed E-state index contributed by atoms with van der Waals surface area (Å²) in [5.74, 6) is -1.05. The molecule has 0 saturated heterocycles. The Morgan fingerprint density at radius 2 is 2.00 bits per heavy atom. The molecular weight excluding hydrogens is 339 g/mol. The molecule has 1 atom stereocenters. The van der Waals surface area contributed by atoms with Gasteiger partial charge in [-0.2, -0.15) is 0 Å². The summed E-state index contributed by atoms with van der Waals surface area (Å²) in [6, 6.07) is 13.0. The molecule has 0 saturated carbocycles. The first-order chi connectivity index (χ1) is 12.1. The molecule has 1 N–H and O–H groups in total. The highest BCUT2D eigenvalue weighted by atomic mass is 35.5. The van der Waals surface area contributed by atoms with E-state index >= 15 is 0 Å². The first kappa shape index (κ1) is 17.9. The molecule has 0 aliphatic carbocycles. The van der Waals surface area contributed by atoms with Crippen molar-refractivity contribution in [1.82, 2.24) is 10.2 Å². The van der Waals surface area contributed by atoms with Gasteiger partial charge in [0.2, 0.25) is 0 Å². The van der Waals surface area contributed by atoms with Crippen molar-refractivity contribution >= 4 is 17.5 Å². The van der Waals surface area contributed by atoms with Crippen molar-refractivity contribution in [3.05, 3.63) is 70.0 Å². The van der Waals surface area contributed by atoms with Crippen LogP contribution in [0.25, 0.3) is 0 Å². The summed E-state index contributed by atoms with van der Waals surface area (Å²) in [7, 11) is 0. The fourth-order valence-corrected chi connectivity index (χ4v) is 3.62. The summed E-state index contributed by atoms with van der Waals surface area (Å²) < 4.78 is 13.9. The van der Waals surface area contributed by atoms with Crippen molar-refractivity contribution < 1.29 is 9.18 Å². The van der Waals surface area contributed by atoms with E-state index in [4.69, 9.17) is 11.6 Å². The standard InChI is InChI=1S/C20H22ClFN2O/c1-2-16(24-11-10-14-6-3-4-7-15(14)13-24)12-23-20(25)19-17(21)8-5-9-18(19)22/h3-9,16H,2,10-13H2,1H3,(H,23,25)/t16-/m0/s1. The van der Waals surface area contributed by atoms with Gasteiger partial charge in [-0.1, -0.05) is 48.9 Å². The number of rotatable bonds is 5. The van der Waals surface area contributed by atoms with Crippen molar-refractivity contribution in [2.75, 3.05) is 13.1 Å². The van der Waals surface area contributed by atoms with E-state index in [1.165, 1.54) is 29.3 Å². The number of benzene rings is 2. The summed E-state index contributed by atoms with van der Waals surface area (Å²) in [6.07, 6.45) is 1.92. The Balaban J connectivity index is 1.64. The summed E-state index contributed by atoms with van der Waals surface area (Å²) in [4.78, 5) is 14.7. The lowest BCUT2D eigenvalue weighted by Crippen LogP contribution is -2.45. The van der Waals surface area contributed by atoms with Gasteiger partial charge in [0.1, 0.15) is 5.82 Å². The zero-order chi connectivity index (χ0) is 17.8. The summed E-state index contributed by atoms with van der Waals surface area (Å²) in [5, 5.41) is 2.98. The van der Waals surface area contributed by atoms with E-state index < -0.39 is 11.7 Å². The predicted octanol–water partition coefficient (Wildman–Crippen LogP) is 4.05. The normalized spacial score (nSPS) is 15.5. The lowest BCUT2D eigenvalue weighted by Gasteiger charge is -2.35. The van der Waals surface area contributed by atoms with Crippen LogP contribution in [0.3, 0.4) is 0 Å². The van der Waals surface area contributed by atoms with Gasteiger partial charge in [-0.25, -0.2) is 4.39 Å². The van der Waals surface area contributed by atoms with Gasteiger partial charge in [0.15, 0.2) is 0 Å². The van der Waals surface area contributed by atoms with Crippen molar-refractivity contribution in [1.29, 1.82) is 0 Å².